The number of carboxylic acid groups (broad SMARTS) is 1. The molecule has 0 saturated heterocycles. The number of nitrogens with zero attached hydrogens (tertiary/aromatic N) is 2. The third kappa shape index (κ3) is 2.79. The van der Waals surface area contributed by atoms with Crippen LogP contribution in [0.2, 0.25) is 0 Å². The number of hydrogen-bond donors (Lipinski definition) is 2. The second kappa shape index (κ2) is 4.51. The average molecular weight is 181 g/mol. The summed E-state index contributed by atoms with van der Waals surface area (Å²) in [6, 6.07) is -0.578. The molecule has 2 N–H and O–H groups in total. The Hall–Kier alpha value is -1.49. The van der Waals surface area contributed by atoms with Gasteiger partial charge in [0.1, 0.15) is 12.4 Å². The molecule has 5 heteroatoms. The summed E-state index contributed by atoms with van der Waals surface area (Å²) in [6.45, 7) is 0. The van der Waals surface area contributed by atoms with E-state index in [4.69, 9.17) is 5.11 Å². The molecule has 0 saturated carbocycles. The lowest BCUT2D eigenvalue weighted by atomic mass is 10.1. The minimum Gasteiger partial charge on any atom is -0.480 e. The molecule has 0 aliphatic rings. The fraction of sp³-hybridized carbons (Fsp3) is 0.375. The van der Waals surface area contributed by atoms with Gasteiger partial charge in [-0.25, -0.2) is 9.97 Å². The maximum absolute atomic E-state index is 10.6. The molecule has 0 radical (unpaired) electrons. The Morgan fingerprint density at radius 3 is 2.69 bits per heavy atom. The van der Waals surface area contributed by atoms with E-state index >= 15 is 0 Å². The van der Waals surface area contributed by atoms with Crippen molar-refractivity contribution in [1.82, 2.24) is 15.3 Å². The highest BCUT2D eigenvalue weighted by Gasteiger charge is 2.14. The van der Waals surface area contributed by atoms with E-state index in [1.165, 1.54) is 6.33 Å². The Bertz CT molecular complexity index is 276. The highest BCUT2D eigenvalue weighted by atomic mass is 16.4. The van der Waals surface area contributed by atoms with Crippen molar-refractivity contribution in [3.63, 3.8) is 0 Å². The minimum absolute atomic E-state index is 0.396. The van der Waals surface area contributed by atoms with Gasteiger partial charge in [-0.2, -0.15) is 0 Å². The second-order valence-electron chi connectivity index (χ2n) is 2.63. The zero-order valence-electron chi connectivity index (χ0n) is 7.27. The molecular formula is C8H11N3O2. The quantitative estimate of drug-likeness (QED) is 0.666. The zero-order chi connectivity index (χ0) is 9.68. The summed E-state index contributed by atoms with van der Waals surface area (Å²) in [5.74, 6) is -0.869. The first-order valence-corrected chi connectivity index (χ1v) is 3.88. The first kappa shape index (κ1) is 9.60. The number of hydrogen-bond acceptors (Lipinski definition) is 4. The molecular weight excluding hydrogens is 170 g/mol. The van der Waals surface area contributed by atoms with Crippen molar-refractivity contribution in [3.8, 4) is 0 Å². The summed E-state index contributed by atoms with van der Waals surface area (Å²) in [5, 5.41) is 11.4. The van der Waals surface area contributed by atoms with Crippen LogP contribution in [0.4, 0.5) is 0 Å². The molecule has 0 aliphatic carbocycles. The maximum atomic E-state index is 10.6. The smallest absolute Gasteiger partial charge is 0.321 e. The molecule has 5 nitrogen and oxygen atoms in total. The SMILES string of the molecule is CNC(Cc1cncnc1)C(=O)O. The predicted molar refractivity (Wildman–Crippen MR) is 46.2 cm³/mol. The number of aromatic nitrogens is 2. The summed E-state index contributed by atoms with van der Waals surface area (Å²) < 4.78 is 0. The molecule has 0 aliphatic heterocycles. The lowest BCUT2D eigenvalue weighted by Gasteiger charge is -2.09. The Morgan fingerprint density at radius 2 is 2.23 bits per heavy atom. The molecule has 0 bridgehead atoms. The van der Waals surface area contributed by atoms with Crippen molar-refractivity contribution in [1.29, 1.82) is 0 Å². The number of carboxylic acids is 1. The van der Waals surface area contributed by atoms with E-state index in [9.17, 15) is 4.79 Å². The zero-order valence-corrected chi connectivity index (χ0v) is 7.27. The van der Waals surface area contributed by atoms with Crippen LogP contribution in [0.3, 0.4) is 0 Å². The van der Waals surface area contributed by atoms with Crippen molar-refractivity contribution in [2.24, 2.45) is 0 Å². The van der Waals surface area contributed by atoms with E-state index in [0.717, 1.165) is 5.56 Å². The van der Waals surface area contributed by atoms with Gasteiger partial charge in [0.15, 0.2) is 0 Å². The topological polar surface area (TPSA) is 75.1 Å². The maximum Gasteiger partial charge on any atom is 0.321 e. The molecule has 1 aromatic rings. The molecule has 1 aromatic heterocycles. The third-order valence-corrected chi connectivity index (χ3v) is 1.70. The predicted octanol–water partition coefficient (Wildman–Crippen LogP) is -0.308. The van der Waals surface area contributed by atoms with Crippen molar-refractivity contribution < 1.29 is 9.90 Å². The minimum atomic E-state index is -0.869. The van der Waals surface area contributed by atoms with E-state index in [1.54, 1.807) is 19.4 Å². The largest absolute Gasteiger partial charge is 0.480 e. The molecule has 1 unspecified atom stereocenters. The van der Waals surface area contributed by atoms with Crippen molar-refractivity contribution in [3.05, 3.63) is 24.3 Å². The Kier molecular flexibility index (Phi) is 3.33. The van der Waals surface area contributed by atoms with Crippen LogP contribution < -0.4 is 5.32 Å². The Labute approximate surface area is 75.8 Å². The normalized spacial score (nSPS) is 12.4. The molecule has 70 valence electrons. The van der Waals surface area contributed by atoms with Gasteiger partial charge in [-0.15, -0.1) is 0 Å². The summed E-state index contributed by atoms with van der Waals surface area (Å²) in [6.07, 6.45) is 5.03. The first-order chi connectivity index (χ1) is 6.24. The van der Waals surface area contributed by atoms with E-state index in [2.05, 4.69) is 15.3 Å². The van der Waals surface area contributed by atoms with Gasteiger partial charge in [-0.1, -0.05) is 0 Å². The Morgan fingerprint density at radius 1 is 1.62 bits per heavy atom. The van der Waals surface area contributed by atoms with Crippen LogP contribution >= 0.6 is 0 Å². The average Bonchev–Trinajstić information content (AvgIpc) is 2.15. The van der Waals surface area contributed by atoms with Crippen molar-refractivity contribution >= 4 is 5.97 Å². The van der Waals surface area contributed by atoms with Gasteiger partial charge in [-0.3, -0.25) is 4.79 Å². The molecule has 0 spiro atoms. The van der Waals surface area contributed by atoms with E-state index in [-0.39, 0.29) is 0 Å². The standard InChI is InChI=1S/C8H11N3O2/c1-9-7(8(12)13)2-6-3-10-5-11-4-6/h3-5,7,9H,2H2,1H3,(H,12,13). The third-order valence-electron chi connectivity index (χ3n) is 1.70. The molecule has 0 amide bonds. The highest BCUT2D eigenvalue weighted by molar-refractivity contribution is 5.73. The fourth-order valence-electron chi connectivity index (χ4n) is 0.984. The number of carbonyl (C=O) groups is 1. The molecule has 1 rings (SSSR count). The van der Waals surface area contributed by atoms with Crippen LogP contribution in [0.5, 0.6) is 0 Å². The summed E-state index contributed by atoms with van der Waals surface area (Å²) in [4.78, 5) is 18.2. The molecule has 0 aromatic carbocycles. The number of aliphatic carboxylic acids is 1. The molecule has 1 heterocycles. The summed E-state index contributed by atoms with van der Waals surface area (Å²) in [7, 11) is 1.61. The lowest BCUT2D eigenvalue weighted by molar-refractivity contribution is -0.139. The monoisotopic (exact) mass is 181 g/mol. The lowest BCUT2D eigenvalue weighted by Crippen LogP contribution is -2.35. The van der Waals surface area contributed by atoms with Gasteiger partial charge in [0.05, 0.1) is 0 Å². The van der Waals surface area contributed by atoms with Gasteiger partial charge in [0, 0.05) is 18.8 Å². The van der Waals surface area contributed by atoms with E-state index in [1.807, 2.05) is 0 Å². The van der Waals surface area contributed by atoms with E-state index in [0.29, 0.717) is 6.42 Å². The van der Waals surface area contributed by atoms with Gasteiger partial charge in [-0.05, 0) is 12.6 Å². The van der Waals surface area contributed by atoms with Gasteiger partial charge >= 0.3 is 5.97 Å². The second-order valence-corrected chi connectivity index (χ2v) is 2.63. The summed E-state index contributed by atoms with van der Waals surface area (Å²) in [5.41, 5.74) is 0.809. The molecule has 13 heavy (non-hydrogen) atoms. The van der Waals surface area contributed by atoms with Crippen molar-refractivity contribution in [2.75, 3.05) is 7.05 Å². The van der Waals surface area contributed by atoms with Crippen LogP contribution in [-0.4, -0.2) is 34.1 Å². The van der Waals surface area contributed by atoms with Gasteiger partial charge in [0.2, 0.25) is 0 Å². The fourth-order valence-corrected chi connectivity index (χ4v) is 0.984. The highest BCUT2D eigenvalue weighted by Crippen LogP contribution is 1.99. The number of likely N-dealkylation sites (N-methyl/N-ethyl adjacent to an activating group) is 1. The number of nitrogens with one attached hydrogen (secondary N) is 1. The van der Waals surface area contributed by atoms with Crippen LogP contribution in [0.25, 0.3) is 0 Å². The number of rotatable bonds is 4. The van der Waals surface area contributed by atoms with E-state index < -0.39 is 12.0 Å². The summed E-state index contributed by atoms with van der Waals surface area (Å²) >= 11 is 0. The first-order valence-electron chi connectivity index (χ1n) is 3.88. The van der Waals surface area contributed by atoms with Crippen molar-refractivity contribution in [2.45, 2.75) is 12.5 Å². The van der Waals surface area contributed by atoms with Gasteiger partial charge in [0.25, 0.3) is 0 Å². The van der Waals surface area contributed by atoms with Gasteiger partial charge < -0.3 is 10.4 Å². The van der Waals surface area contributed by atoms with Crippen LogP contribution in [-0.2, 0) is 11.2 Å². The molecule has 0 fully saturated rings. The van der Waals surface area contributed by atoms with Crippen LogP contribution in [0.15, 0.2) is 18.7 Å². The molecule has 1 atom stereocenters. The Balaban J connectivity index is 2.62. The van der Waals surface area contributed by atoms with Crippen LogP contribution in [0.1, 0.15) is 5.56 Å². The van der Waals surface area contributed by atoms with Crippen LogP contribution in [0, 0.1) is 0 Å².